The first-order valence-electron chi connectivity index (χ1n) is 9.09. The van der Waals surface area contributed by atoms with Crippen LogP contribution >= 0.6 is 0 Å². The number of anilines is 3. The summed E-state index contributed by atoms with van der Waals surface area (Å²) in [5.41, 5.74) is 5.25. The number of hydrogen-bond acceptors (Lipinski definition) is 7. The van der Waals surface area contributed by atoms with Crippen LogP contribution in [0.2, 0.25) is 0 Å². The second-order valence-electron chi connectivity index (χ2n) is 5.99. The van der Waals surface area contributed by atoms with Crippen molar-refractivity contribution in [1.29, 1.82) is 0 Å². The Morgan fingerprint density at radius 1 is 1.15 bits per heavy atom. The number of aromatic nitrogens is 2. The van der Waals surface area contributed by atoms with Crippen LogP contribution < -0.4 is 15.2 Å². The molecular formula is C19H26N6O. The molecule has 0 amide bonds. The monoisotopic (exact) mass is 354 g/mol. The maximum Gasteiger partial charge on any atom is 0.151 e. The van der Waals surface area contributed by atoms with Crippen molar-refractivity contribution in [3.8, 4) is 0 Å². The molecule has 138 valence electrons. The van der Waals surface area contributed by atoms with Crippen LogP contribution in [0.3, 0.4) is 0 Å². The Morgan fingerprint density at radius 3 is 2.58 bits per heavy atom. The van der Waals surface area contributed by atoms with Gasteiger partial charge in [-0.3, -0.25) is 5.43 Å². The van der Waals surface area contributed by atoms with Crippen molar-refractivity contribution in [3.63, 3.8) is 0 Å². The highest BCUT2D eigenvalue weighted by Crippen LogP contribution is 2.16. The number of morpholine rings is 1. The lowest BCUT2D eigenvalue weighted by Crippen LogP contribution is -2.36. The number of benzene rings is 1. The highest BCUT2D eigenvalue weighted by molar-refractivity contribution is 5.80. The highest BCUT2D eigenvalue weighted by Gasteiger charge is 2.12. The van der Waals surface area contributed by atoms with Gasteiger partial charge < -0.3 is 14.5 Å². The van der Waals surface area contributed by atoms with Crippen LogP contribution in [0.5, 0.6) is 0 Å². The van der Waals surface area contributed by atoms with Gasteiger partial charge in [0.1, 0.15) is 12.1 Å². The highest BCUT2D eigenvalue weighted by atomic mass is 16.5. The summed E-state index contributed by atoms with van der Waals surface area (Å²) in [5.74, 6) is 1.57. The van der Waals surface area contributed by atoms with Crippen LogP contribution in [0.1, 0.15) is 19.4 Å². The summed E-state index contributed by atoms with van der Waals surface area (Å²) in [6, 6.07) is 10.3. The zero-order chi connectivity index (χ0) is 18.2. The lowest BCUT2D eigenvalue weighted by molar-refractivity contribution is 0.122. The SMILES string of the molecule is CCN(CC)c1ccc(C=NNc2cc(N3CCOCC3)ncn2)cc1. The maximum atomic E-state index is 5.38. The largest absolute Gasteiger partial charge is 0.378 e. The van der Waals surface area contributed by atoms with Crippen molar-refractivity contribution in [3.05, 3.63) is 42.2 Å². The van der Waals surface area contributed by atoms with Crippen LogP contribution in [0.25, 0.3) is 0 Å². The van der Waals surface area contributed by atoms with Crippen LogP contribution in [0.4, 0.5) is 17.3 Å². The van der Waals surface area contributed by atoms with Gasteiger partial charge in [-0.1, -0.05) is 12.1 Å². The molecule has 1 aliphatic heterocycles. The van der Waals surface area contributed by atoms with Gasteiger partial charge >= 0.3 is 0 Å². The Bertz CT molecular complexity index is 708. The minimum atomic E-state index is 0.678. The number of nitrogens with zero attached hydrogens (tertiary/aromatic N) is 5. The van der Waals surface area contributed by atoms with E-state index in [9.17, 15) is 0 Å². The molecule has 0 atom stereocenters. The molecule has 0 radical (unpaired) electrons. The number of hydrazone groups is 1. The van der Waals surface area contributed by atoms with E-state index in [0.29, 0.717) is 5.82 Å². The van der Waals surface area contributed by atoms with E-state index in [0.717, 1.165) is 50.8 Å². The van der Waals surface area contributed by atoms with E-state index in [4.69, 9.17) is 4.74 Å². The Labute approximate surface area is 154 Å². The molecule has 7 nitrogen and oxygen atoms in total. The molecule has 2 aromatic rings. The molecule has 1 aromatic heterocycles. The summed E-state index contributed by atoms with van der Waals surface area (Å²) >= 11 is 0. The Kier molecular flexibility index (Phi) is 6.38. The first-order chi connectivity index (χ1) is 12.8. The van der Waals surface area contributed by atoms with Crippen molar-refractivity contribution < 1.29 is 4.74 Å². The van der Waals surface area contributed by atoms with Gasteiger partial charge in [-0.25, -0.2) is 9.97 Å². The predicted octanol–water partition coefficient (Wildman–Crippen LogP) is 2.61. The lowest BCUT2D eigenvalue weighted by Gasteiger charge is -2.27. The third kappa shape index (κ3) is 4.70. The van der Waals surface area contributed by atoms with Crippen LogP contribution in [0, 0.1) is 0 Å². The quantitative estimate of drug-likeness (QED) is 0.609. The summed E-state index contributed by atoms with van der Waals surface area (Å²) < 4.78 is 5.38. The summed E-state index contributed by atoms with van der Waals surface area (Å²) in [4.78, 5) is 13.1. The molecule has 0 unspecified atom stereocenters. The summed E-state index contributed by atoms with van der Waals surface area (Å²) in [7, 11) is 0. The fraction of sp³-hybridized carbons (Fsp3) is 0.421. The molecule has 2 heterocycles. The third-order valence-corrected chi connectivity index (χ3v) is 4.40. The van der Waals surface area contributed by atoms with E-state index in [1.165, 1.54) is 5.69 Å². The molecule has 1 fully saturated rings. The Morgan fingerprint density at radius 2 is 1.88 bits per heavy atom. The van der Waals surface area contributed by atoms with E-state index in [1.54, 1.807) is 12.5 Å². The van der Waals surface area contributed by atoms with Crippen molar-refractivity contribution in [1.82, 2.24) is 9.97 Å². The second kappa shape index (κ2) is 9.15. The van der Waals surface area contributed by atoms with Gasteiger partial charge in [-0.15, -0.1) is 0 Å². The van der Waals surface area contributed by atoms with Crippen molar-refractivity contribution in [2.45, 2.75) is 13.8 Å². The fourth-order valence-corrected chi connectivity index (χ4v) is 2.91. The molecule has 0 spiro atoms. The average molecular weight is 354 g/mol. The van der Waals surface area contributed by atoms with E-state index >= 15 is 0 Å². The minimum absolute atomic E-state index is 0.678. The van der Waals surface area contributed by atoms with E-state index < -0.39 is 0 Å². The predicted molar refractivity (Wildman–Crippen MR) is 106 cm³/mol. The number of nitrogens with one attached hydrogen (secondary N) is 1. The number of hydrogen-bond donors (Lipinski definition) is 1. The standard InChI is InChI=1S/C19H26N6O/c1-3-24(4-2)17-7-5-16(6-8-17)14-22-23-18-13-19(21-15-20-18)25-9-11-26-12-10-25/h5-8,13-15H,3-4,9-12H2,1-2H3,(H,20,21,23). The van der Waals surface area contributed by atoms with Gasteiger partial charge in [0.2, 0.25) is 0 Å². The van der Waals surface area contributed by atoms with Crippen LogP contribution in [0.15, 0.2) is 41.8 Å². The smallest absolute Gasteiger partial charge is 0.151 e. The molecule has 26 heavy (non-hydrogen) atoms. The zero-order valence-electron chi connectivity index (χ0n) is 15.4. The van der Waals surface area contributed by atoms with E-state index in [-0.39, 0.29) is 0 Å². The molecule has 0 aliphatic carbocycles. The third-order valence-electron chi connectivity index (χ3n) is 4.40. The van der Waals surface area contributed by atoms with Gasteiger partial charge in [-0.05, 0) is 31.5 Å². The lowest BCUT2D eigenvalue weighted by atomic mass is 10.2. The molecular weight excluding hydrogens is 328 g/mol. The van der Waals surface area contributed by atoms with Crippen LogP contribution in [-0.2, 0) is 4.74 Å². The fourth-order valence-electron chi connectivity index (χ4n) is 2.91. The summed E-state index contributed by atoms with van der Waals surface area (Å²) in [6.07, 6.45) is 3.35. The Balaban J connectivity index is 1.59. The normalized spacial score (nSPS) is 14.6. The molecule has 1 aliphatic rings. The van der Waals surface area contributed by atoms with Crippen molar-refractivity contribution in [2.75, 3.05) is 54.6 Å². The van der Waals surface area contributed by atoms with E-state index in [1.807, 2.05) is 6.07 Å². The molecule has 1 aromatic carbocycles. The molecule has 0 bridgehead atoms. The summed E-state index contributed by atoms with van der Waals surface area (Å²) in [5, 5.41) is 4.29. The Hall–Kier alpha value is -2.67. The zero-order valence-corrected chi connectivity index (χ0v) is 15.4. The number of rotatable bonds is 7. The molecule has 7 heteroatoms. The van der Waals surface area contributed by atoms with Gasteiger partial charge in [0.15, 0.2) is 5.82 Å². The van der Waals surface area contributed by atoms with Crippen molar-refractivity contribution >= 4 is 23.5 Å². The second-order valence-corrected chi connectivity index (χ2v) is 5.99. The van der Waals surface area contributed by atoms with Crippen molar-refractivity contribution in [2.24, 2.45) is 5.10 Å². The summed E-state index contributed by atoms with van der Waals surface area (Å²) in [6.45, 7) is 9.49. The van der Waals surface area contributed by atoms with Crippen LogP contribution in [-0.4, -0.2) is 55.6 Å². The average Bonchev–Trinajstić information content (AvgIpc) is 2.71. The maximum absolute atomic E-state index is 5.38. The molecule has 3 rings (SSSR count). The number of ether oxygens (including phenoxy) is 1. The topological polar surface area (TPSA) is 65.9 Å². The van der Waals surface area contributed by atoms with Gasteiger partial charge in [0, 0.05) is 37.9 Å². The van der Waals surface area contributed by atoms with Gasteiger partial charge in [0.25, 0.3) is 0 Å². The first-order valence-corrected chi connectivity index (χ1v) is 9.09. The minimum Gasteiger partial charge on any atom is -0.378 e. The van der Waals surface area contributed by atoms with E-state index in [2.05, 4.69) is 68.4 Å². The molecule has 1 N–H and O–H groups in total. The van der Waals surface area contributed by atoms with Gasteiger partial charge in [0.05, 0.1) is 19.4 Å². The van der Waals surface area contributed by atoms with Gasteiger partial charge in [-0.2, -0.15) is 5.10 Å². The molecule has 1 saturated heterocycles. The molecule has 0 saturated carbocycles. The first kappa shape index (κ1) is 18.1.